The van der Waals surface area contributed by atoms with Crippen LogP contribution in [0.15, 0.2) is 18.2 Å². The fourth-order valence-electron chi connectivity index (χ4n) is 2.48. The fourth-order valence-corrected chi connectivity index (χ4v) is 2.72. The minimum atomic E-state index is -0.274. The van der Waals surface area contributed by atoms with Gasteiger partial charge in [0.15, 0.2) is 0 Å². The van der Waals surface area contributed by atoms with Crippen LogP contribution in [0.5, 0.6) is 17.2 Å². The Morgan fingerprint density at radius 3 is 2.31 bits per heavy atom. The van der Waals surface area contributed by atoms with Gasteiger partial charge in [-0.2, -0.15) is 5.10 Å². The number of halogens is 1. The van der Waals surface area contributed by atoms with Gasteiger partial charge in [-0.05, 0) is 13.0 Å². The number of ether oxygens (including phenoxy) is 3. The first-order valence-corrected chi connectivity index (χ1v) is 8.23. The van der Waals surface area contributed by atoms with Crippen LogP contribution >= 0.6 is 11.6 Å². The Morgan fingerprint density at radius 1 is 1.23 bits per heavy atom. The van der Waals surface area contributed by atoms with E-state index in [1.54, 1.807) is 51.3 Å². The molecule has 1 N–H and O–H groups in total. The van der Waals surface area contributed by atoms with Crippen molar-refractivity contribution in [3.05, 3.63) is 40.2 Å². The van der Waals surface area contributed by atoms with E-state index in [2.05, 4.69) is 10.4 Å². The SMILES string of the molecule is COc1cc(OC)c(CNC(=O)C=Cc2c(C)nn(C)c2Cl)c(OC)c1. The summed E-state index contributed by atoms with van der Waals surface area (Å²) >= 11 is 6.15. The van der Waals surface area contributed by atoms with E-state index in [1.807, 2.05) is 6.92 Å². The summed E-state index contributed by atoms with van der Waals surface area (Å²) in [7, 11) is 6.40. The summed E-state index contributed by atoms with van der Waals surface area (Å²) in [6.07, 6.45) is 3.06. The Hall–Kier alpha value is -2.67. The summed E-state index contributed by atoms with van der Waals surface area (Å²) in [5.74, 6) is 1.47. The van der Waals surface area contributed by atoms with Gasteiger partial charge in [-0.25, -0.2) is 0 Å². The van der Waals surface area contributed by atoms with E-state index >= 15 is 0 Å². The first kappa shape index (κ1) is 19.7. The van der Waals surface area contributed by atoms with Crippen LogP contribution in [0.2, 0.25) is 5.15 Å². The minimum absolute atomic E-state index is 0.235. The molecule has 0 aliphatic heterocycles. The van der Waals surface area contributed by atoms with Gasteiger partial charge >= 0.3 is 0 Å². The summed E-state index contributed by atoms with van der Waals surface area (Å²) in [5.41, 5.74) is 2.18. The van der Waals surface area contributed by atoms with E-state index in [9.17, 15) is 4.79 Å². The van der Waals surface area contributed by atoms with Crippen molar-refractivity contribution < 1.29 is 19.0 Å². The number of carbonyl (C=O) groups is 1. The number of nitrogens with one attached hydrogen (secondary N) is 1. The molecule has 0 unspecified atom stereocenters. The molecule has 2 aromatic rings. The molecule has 1 amide bonds. The zero-order chi connectivity index (χ0) is 19.3. The molecular weight excluding hydrogens is 358 g/mol. The van der Waals surface area contributed by atoms with Gasteiger partial charge < -0.3 is 19.5 Å². The zero-order valence-electron chi connectivity index (χ0n) is 15.4. The van der Waals surface area contributed by atoms with Crippen LogP contribution in [-0.4, -0.2) is 37.0 Å². The third kappa shape index (κ3) is 4.29. The summed E-state index contributed by atoms with van der Waals surface area (Å²) in [4.78, 5) is 12.2. The van der Waals surface area contributed by atoms with Crippen molar-refractivity contribution in [1.82, 2.24) is 15.1 Å². The Morgan fingerprint density at radius 2 is 1.85 bits per heavy atom. The topological polar surface area (TPSA) is 74.6 Å². The van der Waals surface area contributed by atoms with Gasteiger partial charge in [0.1, 0.15) is 22.4 Å². The van der Waals surface area contributed by atoms with E-state index in [4.69, 9.17) is 25.8 Å². The highest BCUT2D eigenvalue weighted by molar-refractivity contribution is 6.31. The number of aryl methyl sites for hydroxylation is 2. The molecule has 2 rings (SSSR count). The average Bonchev–Trinajstić information content (AvgIpc) is 2.89. The highest BCUT2D eigenvalue weighted by Gasteiger charge is 2.14. The maximum absolute atomic E-state index is 12.2. The van der Waals surface area contributed by atoms with Crippen molar-refractivity contribution in [2.24, 2.45) is 7.05 Å². The second-order valence-corrected chi connectivity index (χ2v) is 5.83. The number of hydrogen-bond acceptors (Lipinski definition) is 5. The Balaban J connectivity index is 2.13. The lowest BCUT2D eigenvalue weighted by atomic mass is 10.1. The molecule has 1 aromatic carbocycles. The zero-order valence-corrected chi connectivity index (χ0v) is 16.2. The molecule has 0 aliphatic carbocycles. The molecular formula is C18H22ClN3O4. The Kier molecular flexibility index (Phi) is 6.52. The predicted octanol–water partition coefficient (Wildman–Crippen LogP) is 2.74. The van der Waals surface area contributed by atoms with Crippen molar-refractivity contribution in [1.29, 1.82) is 0 Å². The van der Waals surface area contributed by atoms with Crippen molar-refractivity contribution >= 4 is 23.6 Å². The lowest BCUT2D eigenvalue weighted by Gasteiger charge is -2.15. The molecule has 7 nitrogen and oxygen atoms in total. The number of amides is 1. The Labute approximate surface area is 157 Å². The molecule has 0 fully saturated rings. The molecule has 140 valence electrons. The van der Waals surface area contributed by atoms with E-state index in [1.165, 1.54) is 6.08 Å². The third-order valence-electron chi connectivity index (χ3n) is 3.85. The molecule has 1 heterocycles. The van der Waals surface area contributed by atoms with Gasteiger partial charge in [0.2, 0.25) is 5.91 Å². The average molecular weight is 380 g/mol. The predicted molar refractivity (Wildman–Crippen MR) is 99.9 cm³/mol. The molecule has 0 atom stereocenters. The second-order valence-electron chi connectivity index (χ2n) is 5.48. The van der Waals surface area contributed by atoms with Crippen molar-refractivity contribution in [2.45, 2.75) is 13.5 Å². The molecule has 26 heavy (non-hydrogen) atoms. The molecule has 0 saturated heterocycles. The van der Waals surface area contributed by atoms with Crippen LogP contribution in [0.25, 0.3) is 6.08 Å². The van der Waals surface area contributed by atoms with Crippen molar-refractivity contribution in [3.63, 3.8) is 0 Å². The van der Waals surface area contributed by atoms with Gasteiger partial charge in [0.25, 0.3) is 0 Å². The molecule has 0 radical (unpaired) electrons. The van der Waals surface area contributed by atoms with Gasteiger partial charge in [0.05, 0.1) is 39.1 Å². The maximum Gasteiger partial charge on any atom is 0.244 e. The van der Waals surface area contributed by atoms with Crippen LogP contribution in [0.1, 0.15) is 16.8 Å². The number of rotatable bonds is 7. The second kappa shape index (κ2) is 8.62. The van der Waals surface area contributed by atoms with Crippen LogP contribution in [-0.2, 0) is 18.4 Å². The van der Waals surface area contributed by atoms with E-state index in [-0.39, 0.29) is 12.5 Å². The van der Waals surface area contributed by atoms with Gasteiger partial charge in [0, 0.05) is 30.8 Å². The highest BCUT2D eigenvalue weighted by atomic mass is 35.5. The number of nitrogens with zero attached hydrogens (tertiary/aromatic N) is 2. The molecule has 8 heteroatoms. The van der Waals surface area contributed by atoms with E-state index in [0.717, 1.165) is 5.69 Å². The smallest absolute Gasteiger partial charge is 0.244 e. The molecule has 1 aromatic heterocycles. The summed E-state index contributed by atoms with van der Waals surface area (Å²) in [6.45, 7) is 2.07. The van der Waals surface area contributed by atoms with Crippen LogP contribution in [0, 0.1) is 6.92 Å². The number of methoxy groups -OCH3 is 3. The molecule has 0 bridgehead atoms. The number of aromatic nitrogens is 2. The summed E-state index contributed by atoms with van der Waals surface area (Å²) in [6, 6.07) is 3.47. The monoisotopic (exact) mass is 379 g/mol. The van der Waals surface area contributed by atoms with Gasteiger partial charge in [-0.15, -0.1) is 0 Å². The number of carbonyl (C=O) groups excluding carboxylic acids is 1. The van der Waals surface area contributed by atoms with Crippen LogP contribution < -0.4 is 19.5 Å². The van der Waals surface area contributed by atoms with Crippen molar-refractivity contribution in [3.8, 4) is 17.2 Å². The number of benzene rings is 1. The van der Waals surface area contributed by atoms with Crippen molar-refractivity contribution in [2.75, 3.05) is 21.3 Å². The summed E-state index contributed by atoms with van der Waals surface area (Å²) in [5, 5.41) is 7.48. The normalized spacial score (nSPS) is 10.8. The first-order valence-electron chi connectivity index (χ1n) is 7.85. The maximum atomic E-state index is 12.2. The summed E-state index contributed by atoms with van der Waals surface area (Å²) < 4.78 is 17.5. The number of hydrogen-bond donors (Lipinski definition) is 1. The minimum Gasteiger partial charge on any atom is -0.496 e. The van der Waals surface area contributed by atoms with Crippen LogP contribution in [0.3, 0.4) is 0 Å². The lowest BCUT2D eigenvalue weighted by Crippen LogP contribution is -2.21. The third-order valence-corrected chi connectivity index (χ3v) is 4.30. The molecule has 0 aliphatic rings. The quantitative estimate of drug-likeness (QED) is 0.749. The van der Waals surface area contributed by atoms with Gasteiger partial charge in [-0.3, -0.25) is 9.48 Å². The van der Waals surface area contributed by atoms with Crippen LogP contribution in [0.4, 0.5) is 0 Å². The molecule has 0 saturated carbocycles. The standard InChI is InChI=1S/C18H22ClN3O4/c1-11-13(18(19)22(2)21-11)6-7-17(23)20-10-14-15(25-4)8-12(24-3)9-16(14)26-5/h6-9H,10H2,1-5H3,(H,20,23). The largest absolute Gasteiger partial charge is 0.496 e. The first-order chi connectivity index (χ1) is 12.4. The van der Waals surface area contributed by atoms with Gasteiger partial charge in [-0.1, -0.05) is 11.6 Å². The fraction of sp³-hybridized carbons (Fsp3) is 0.333. The van der Waals surface area contributed by atoms with E-state index < -0.39 is 0 Å². The van der Waals surface area contributed by atoms with E-state index in [0.29, 0.717) is 33.5 Å². The Bertz CT molecular complexity index is 805. The highest BCUT2D eigenvalue weighted by Crippen LogP contribution is 2.33. The lowest BCUT2D eigenvalue weighted by molar-refractivity contribution is -0.116. The molecule has 0 spiro atoms.